The van der Waals surface area contributed by atoms with Crippen molar-refractivity contribution in [1.82, 2.24) is 0 Å². The Bertz CT molecular complexity index is 911. The first-order chi connectivity index (χ1) is 13.3. The molecule has 1 aliphatic heterocycles. The SMILES string of the molecule is C[C@H]1CCCN(c2ccc(C(=O)Nc3ccc(C(N)=O)cc3)cc2[N+](=O)[O-])C1. The Morgan fingerprint density at radius 1 is 1.18 bits per heavy atom. The molecule has 28 heavy (non-hydrogen) atoms. The van der Waals surface area contributed by atoms with Crippen LogP contribution in [0.15, 0.2) is 42.5 Å². The predicted octanol–water partition coefficient (Wildman–Crippen LogP) is 3.18. The molecule has 0 radical (unpaired) electrons. The molecule has 0 unspecified atom stereocenters. The van der Waals surface area contributed by atoms with Crippen molar-refractivity contribution in [3.05, 3.63) is 63.7 Å². The summed E-state index contributed by atoms with van der Waals surface area (Å²) >= 11 is 0. The van der Waals surface area contributed by atoms with Crippen LogP contribution in [0.4, 0.5) is 17.1 Å². The molecule has 3 N–H and O–H groups in total. The van der Waals surface area contributed by atoms with Crippen LogP contribution in [0.3, 0.4) is 0 Å². The van der Waals surface area contributed by atoms with E-state index >= 15 is 0 Å². The molecule has 8 heteroatoms. The summed E-state index contributed by atoms with van der Waals surface area (Å²) in [5.74, 6) is -0.552. The normalized spacial score (nSPS) is 16.5. The highest BCUT2D eigenvalue weighted by Gasteiger charge is 2.25. The van der Waals surface area contributed by atoms with Crippen LogP contribution in [0.2, 0.25) is 0 Å². The van der Waals surface area contributed by atoms with E-state index in [0.717, 1.165) is 25.9 Å². The number of primary amides is 1. The molecule has 2 amide bonds. The van der Waals surface area contributed by atoms with Gasteiger partial charge in [0.25, 0.3) is 11.6 Å². The standard InChI is InChI=1S/C20H22N4O4/c1-13-3-2-10-23(12-13)17-9-6-15(11-18(17)24(27)28)20(26)22-16-7-4-14(5-8-16)19(21)25/h4-9,11,13H,2-3,10,12H2,1H3,(H2,21,25)(H,22,26)/t13-/m0/s1. The molecule has 1 heterocycles. The van der Waals surface area contributed by atoms with Gasteiger partial charge in [0.05, 0.1) is 4.92 Å². The molecule has 8 nitrogen and oxygen atoms in total. The molecule has 0 bridgehead atoms. The van der Waals surface area contributed by atoms with E-state index in [1.165, 1.54) is 18.2 Å². The molecular formula is C20H22N4O4. The van der Waals surface area contributed by atoms with Crippen LogP contribution in [0.1, 0.15) is 40.5 Å². The molecule has 0 aliphatic carbocycles. The summed E-state index contributed by atoms with van der Waals surface area (Å²) < 4.78 is 0. The van der Waals surface area contributed by atoms with Crippen molar-refractivity contribution in [2.24, 2.45) is 11.7 Å². The first-order valence-corrected chi connectivity index (χ1v) is 9.09. The van der Waals surface area contributed by atoms with Crippen LogP contribution in [0.25, 0.3) is 0 Å². The minimum atomic E-state index is -0.559. The van der Waals surface area contributed by atoms with Crippen molar-refractivity contribution in [2.45, 2.75) is 19.8 Å². The number of nitrogens with two attached hydrogens (primary N) is 1. The third-order valence-electron chi connectivity index (χ3n) is 4.86. The minimum Gasteiger partial charge on any atom is -0.366 e. The van der Waals surface area contributed by atoms with Crippen molar-refractivity contribution in [1.29, 1.82) is 0 Å². The predicted molar refractivity (Wildman–Crippen MR) is 107 cm³/mol. The van der Waals surface area contributed by atoms with Gasteiger partial charge in [-0.2, -0.15) is 0 Å². The number of rotatable bonds is 5. The second-order valence-electron chi connectivity index (χ2n) is 7.05. The molecule has 3 rings (SSSR count). The van der Waals surface area contributed by atoms with Gasteiger partial charge in [0.1, 0.15) is 5.69 Å². The van der Waals surface area contributed by atoms with Gasteiger partial charge in [-0.25, -0.2) is 0 Å². The van der Waals surface area contributed by atoms with Gasteiger partial charge in [0, 0.05) is 36.0 Å². The molecule has 1 aliphatic rings. The van der Waals surface area contributed by atoms with E-state index in [2.05, 4.69) is 12.2 Å². The Balaban J connectivity index is 1.81. The lowest BCUT2D eigenvalue weighted by atomic mass is 9.99. The Kier molecular flexibility index (Phi) is 5.58. The smallest absolute Gasteiger partial charge is 0.293 e. The number of carbonyl (C=O) groups is 2. The highest BCUT2D eigenvalue weighted by Crippen LogP contribution is 2.32. The zero-order chi connectivity index (χ0) is 20.3. The first-order valence-electron chi connectivity index (χ1n) is 9.09. The molecule has 0 aromatic heterocycles. The molecule has 0 spiro atoms. The number of nitro groups is 1. The maximum Gasteiger partial charge on any atom is 0.293 e. The van der Waals surface area contributed by atoms with Crippen LogP contribution in [0, 0.1) is 16.0 Å². The largest absolute Gasteiger partial charge is 0.366 e. The topological polar surface area (TPSA) is 119 Å². The van der Waals surface area contributed by atoms with Gasteiger partial charge in [0.15, 0.2) is 0 Å². The van der Waals surface area contributed by atoms with Crippen LogP contribution in [0.5, 0.6) is 0 Å². The van der Waals surface area contributed by atoms with Crippen LogP contribution in [-0.4, -0.2) is 29.8 Å². The van der Waals surface area contributed by atoms with Gasteiger partial charge in [-0.1, -0.05) is 6.92 Å². The third-order valence-corrected chi connectivity index (χ3v) is 4.86. The van der Waals surface area contributed by atoms with Crippen molar-refractivity contribution in [3.63, 3.8) is 0 Å². The number of carbonyl (C=O) groups excluding carboxylic acids is 2. The quantitative estimate of drug-likeness (QED) is 0.608. The molecule has 0 saturated carbocycles. The minimum absolute atomic E-state index is 0.0779. The maximum absolute atomic E-state index is 12.5. The number of anilines is 2. The van der Waals surface area contributed by atoms with Gasteiger partial charge in [-0.3, -0.25) is 19.7 Å². The van der Waals surface area contributed by atoms with Gasteiger partial charge < -0.3 is 16.0 Å². The Morgan fingerprint density at radius 3 is 2.46 bits per heavy atom. The molecular weight excluding hydrogens is 360 g/mol. The van der Waals surface area contributed by atoms with E-state index in [0.29, 0.717) is 22.9 Å². The summed E-state index contributed by atoms with van der Waals surface area (Å²) in [4.78, 5) is 36.8. The lowest BCUT2D eigenvalue weighted by Gasteiger charge is -2.32. The van der Waals surface area contributed by atoms with Crippen molar-refractivity contribution >= 4 is 28.9 Å². The number of piperidine rings is 1. The number of benzene rings is 2. The number of amides is 2. The Morgan fingerprint density at radius 2 is 1.86 bits per heavy atom. The number of nitrogens with one attached hydrogen (secondary N) is 1. The van der Waals surface area contributed by atoms with Crippen LogP contribution in [-0.2, 0) is 0 Å². The lowest BCUT2D eigenvalue weighted by Crippen LogP contribution is -2.34. The summed E-state index contributed by atoms with van der Waals surface area (Å²) in [6.07, 6.45) is 2.10. The second kappa shape index (κ2) is 8.08. The van der Waals surface area contributed by atoms with E-state index in [1.807, 2.05) is 4.90 Å². The van der Waals surface area contributed by atoms with Gasteiger partial charge >= 0.3 is 0 Å². The van der Waals surface area contributed by atoms with Crippen molar-refractivity contribution in [2.75, 3.05) is 23.3 Å². The summed E-state index contributed by atoms with van der Waals surface area (Å²) in [7, 11) is 0. The lowest BCUT2D eigenvalue weighted by molar-refractivity contribution is -0.384. The third kappa shape index (κ3) is 4.28. The van der Waals surface area contributed by atoms with Crippen molar-refractivity contribution in [3.8, 4) is 0 Å². The highest BCUT2D eigenvalue weighted by molar-refractivity contribution is 6.05. The van der Waals surface area contributed by atoms with Crippen LogP contribution < -0.4 is 16.0 Å². The molecule has 1 saturated heterocycles. The van der Waals surface area contributed by atoms with E-state index in [9.17, 15) is 19.7 Å². The summed E-state index contributed by atoms with van der Waals surface area (Å²) in [6, 6.07) is 10.6. The Hall–Kier alpha value is -3.42. The number of nitrogens with zero attached hydrogens (tertiary/aromatic N) is 2. The molecule has 2 aromatic rings. The zero-order valence-electron chi connectivity index (χ0n) is 15.6. The average Bonchev–Trinajstić information content (AvgIpc) is 2.67. The fourth-order valence-electron chi connectivity index (χ4n) is 3.41. The number of hydrogen-bond donors (Lipinski definition) is 2. The summed E-state index contributed by atoms with van der Waals surface area (Å²) in [5.41, 5.74) is 6.64. The first kappa shape index (κ1) is 19.3. The van der Waals surface area contributed by atoms with E-state index in [1.54, 1.807) is 24.3 Å². The van der Waals surface area contributed by atoms with Gasteiger partial charge in [-0.15, -0.1) is 0 Å². The van der Waals surface area contributed by atoms with Gasteiger partial charge in [0.2, 0.25) is 5.91 Å². The molecule has 1 atom stereocenters. The monoisotopic (exact) mass is 382 g/mol. The summed E-state index contributed by atoms with van der Waals surface area (Å²) in [5, 5.41) is 14.3. The van der Waals surface area contributed by atoms with Crippen LogP contribution >= 0.6 is 0 Å². The van der Waals surface area contributed by atoms with Gasteiger partial charge in [-0.05, 0) is 55.2 Å². The molecule has 2 aromatic carbocycles. The van der Waals surface area contributed by atoms with Crippen molar-refractivity contribution < 1.29 is 14.5 Å². The zero-order valence-corrected chi connectivity index (χ0v) is 15.6. The van der Waals surface area contributed by atoms with E-state index in [-0.39, 0.29) is 11.3 Å². The fraction of sp³-hybridized carbons (Fsp3) is 0.300. The summed E-state index contributed by atoms with van der Waals surface area (Å²) in [6.45, 7) is 3.66. The second-order valence-corrected chi connectivity index (χ2v) is 7.05. The maximum atomic E-state index is 12.5. The fourth-order valence-corrected chi connectivity index (χ4v) is 3.41. The number of hydrogen-bond acceptors (Lipinski definition) is 5. The molecule has 146 valence electrons. The van der Waals surface area contributed by atoms with E-state index < -0.39 is 16.7 Å². The highest BCUT2D eigenvalue weighted by atomic mass is 16.6. The average molecular weight is 382 g/mol. The van der Waals surface area contributed by atoms with E-state index in [4.69, 9.17) is 5.73 Å². The number of nitro benzene ring substituents is 1. The Labute approximate surface area is 162 Å². The molecule has 1 fully saturated rings.